The van der Waals surface area contributed by atoms with Gasteiger partial charge in [-0.15, -0.1) is 0 Å². The number of esters is 1. The zero-order chi connectivity index (χ0) is 17.5. The topological polar surface area (TPSA) is 83.4 Å². The number of aliphatic hydroxyl groups excluding tert-OH is 2. The maximum Gasteiger partial charge on any atom is 0.315 e. The number of allylic oxidation sites excluding steroid dienone is 1. The van der Waals surface area contributed by atoms with E-state index >= 15 is 0 Å². The second kappa shape index (κ2) is 6.43. The summed E-state index contributed by atoms with van der Waals surface area (Å²) in [6.07, 6.45) is 5.45. The van der Waals surface area contributed by atoms with Gasteiger partial charge in [0.2, 0.25) is 0 Å². The largest absolute Gasteiger partial charge is 0.462 e. The van der Waals surface area contributed by atoms with Crippen LogP contribution >= 0.6 is 0 Å². The third-order valence-electron chi connectivity index (χ3n) is 6.91. The van der Waals surface area contributed by atoms with Crippen LogP contribution in [-0.2, 0) is 9.53 Å². The fraction of sp³-hybridized carbons (Fsp3) is 0.842. The molecular formula is C19H32NO4+. The summed E-state index contributed by atoms with van der Waals surface area (Å²) in [6.45, 7) is 8.79. The zero-order valence-electron chi connectivity index (χ0n) is 15.0. The molecule has 0 unspecified atom stereocenters. The normalized spacial score (nSPS) is 39.3. The van der Waals surface area contributed by atoms with Gasteiger partial charge >= 0.3 is 5.97 Å². The first-order valence-electron chi connectivity index (χ1n) is 9.26. The molecule has 5 nitrogen and oxygen atoms in total. The molecule has 4 N–H and O–H groups in total. The number of carbonyl (C=O) groups excluding carboxylic acids is 1. The molecular weight excluding hydrogens is 306 g/mol. The summed E-state index contributed by atoms with van der Waals surface area (Å²) in [5, 5.41) is 20.8. The first kappa shape index (κ1) is 17.9. The van der Waals surface area contributed by atoms with E-state index < -0.39 is 5.54 Å². The zero-order valence-corrected chi connectivity index (χ0v) is 15.0. The standard InChI is InChI=1S/C19H31NO4/c1-12-5-4-6-18(2)8-16-13(7-15(12)18)14(17(23)24-16)9-20-19(3,10-21)11-22/h13-16,20-22H,1,4-11H2,2-3H3/p+1/t13-,14-,15+,16-,18-/m1/s1. The third-order valence-corrected chi connectivity index (χ3v) is 6.91. The molecule has 136 valence electrons. The van der Waals surface area contributed by atoms with Gasteiger partial charge in [-0.25, -0.2) is 0 Å². The molecule has 3 rings (SSSR count). The van der Waals surface area contributed by atoms with Crippen LogP contribution in [0.4, 0.5) is 0 Å². The van der Waals surface area contributed by atoms with Crippen molar-refractivity contribution in [2.75, 3.05) is 19.8 Å². The van der Waals surface area contributed by atoms with E-state index in [0.717, 1.165) is 19.3 Å². The molecule has 5 heteroatoms. The van der Waals surface area contributed by atoms with Crippen molar-refractivity contribution in [3.8, 4) is 0 Å². The summed E-state index contributed by atoms with van der Waals surface area (Å²) in [6, 6.07) is 0. The van der Waals surface area contributed by atoms with Crippen LogP contribution in [0.25, 0.3) is 0 Å². The van der Waals surface area contributed by atoms with Crippen molar-refractivity contribution in [3.63, 3.8) is 0 Å². The van der Waals surface area contributed by atoms with Gasteiger partial charge in [0.15, 0.2) is 0 Å². The van der Waals surface area contributed by atoms with Crippen LogP contribution in [0.5, 0.6) is 0 Å². The molecule has 0 aromatic rings. The predicted octanol–water partition coefficient (Wildman–Crippen LogP) is 0.607. The van der Waals surface area contributed by atoms with Crippen LogP contribution in [0.2, 0.25) is 0 Å². The highest BCUT2D eigenvalue weighted by Crippen LogP contribution is 2.56. The maximum atomic E-state index is 12.4. The van der Waals surface area contributed by atoms with E-state index in [1.54, 1.807) is 0 Å². The number of hydrogen-bond acceptors (Lipinski definition) is 4. The predicted molar refractivity (Wildman–Crippen MR) is 90.1 cm³/mol. The van der Waals surface area contributed by atoms with Crippen LogP contribution in [0.3, 0.4) is 0 Å². The van der Waals surface area contributed by atoms with E-state index in [4.69, 9.17) is 4.74 Å². The number of nitrogens with two attached hydrogens (primary N) is 1. The quantitative estimate of drug-likeness (QED) is 0.507. The average Bonchev–Trinajstić information content (AvgIpc) is 2.84. The number of aliphatic hydroxyl groups is 2. The van der Waals surface area contributed by atoms with Gasteiger partial charge < -0.3 is 20.3 Å². The van der Waals surface area contributed by atoms with Crippen molar-refractivity contribution in [3.05, 3.63) is 12.2 Å². The fourth-order valence-corrected chi connectivity index (χ4v) is 5.12. The van der Waals surface area contributed by atoms with E-state index in [1.807, 2.05) is 12.2 Å². The second-order valence-electron chi connectivity index (χ2n) is 8.81. The number of rotatable bonds is 5. The number of hydrogen-bond donors (Lipinski definition) is 3. The van der Waals surface area contributed by atoms with Crippen molar-refractivity contribution in [2.24, 2.45) is 23.2 Å². The Balaban J connectivity index is 1.72. The molecule has 0 spiro atoms. The number of quaternary nitrogens is 1. The highest BCUT2D eigenvalue weighted by atomic mass is 16.6. The van der Waals surface area contributed by atoms with Gasteiger partial charge in [-0.1, -0.05) is 19.1 Å². The average molecular weight is 338 g/mol. The highest BCUT2D eigenvalue weighted by molar-refractivity contribution is 5.75. The summed E-state index contributed by atoms with van der Waals surface area (Å²) in [5.41, 5.74) is 0.927. The lowest BCUT2D eigenvalue weighted by atomic mass is 9.55. The molecule has 1 heterocycles. The van der Waals surface area contributed by atoms with E-state index in [1.165, 1.54) is 18.4 Å². The van der Waals surface area contributed by atoms with E-state index in [2.05, 4.69) is 13.5 Å². The Morgan fingerprint density at radius 2 is 2.12 bits per heavy atom. The summed E-state index contributed by atoms with van der Waals surface area (Å²) < 4.78 is 5.75. The molecule has 3 fully saturated rings. The number of fused-ring (bicyclic) bond motifs is 2. The summed E-state index contributed by atoms with van der Waals surface area (Å²) >= 11 is 0. The lowest BCUT2D eigenvalue weighted by molar-refractivity contribution is -0.731. The molecule has 1 saturated heterocycles. The fourth-order valence-electron chi connectivity index (χ4n) is 5.12. The van der Waals surface area contributed by atoms with Crippen LogP contribution in [0.15, 0.2) is 12.2 Å². The molecule has 0 amide bonds. The Hall–Kier alpha value is -0.910. The third kappa shape index (κ3) is 3.02. The Morgan fingerprint density at radius 3 is 2.79 bits per heavy atom. The number of carbonyl (C=O) groups is 1. The van der Waals surface area contributed by atoms with E-state index in [0.29, 0.717) is 12.5 Å². The molecule has 0 aromatic heterocycles. The molecule has 2 saturated carbocycles. The van der Waals surface area contributed by atoms with Crippen molar-refractivity contribution in [1.29, 1.82) is 0 Å². The second-order valence-corrected chi connectivity index (χ2v) is 8.81. The minimum Gasteiger partial charge on any atom is -0.462 e. The molecule has 1 aliphatic heterocycles. The van der Waals surface area contributed by atoms with Crippen molar-refractivity contribution >= 4 is 5.97 Å². The van der Waals surface area contributed by atoms with E-state index in [-0.39, 0.29) is 42.5 Å². The number of ether oxygens (including phenoxy) is 1. The van der Waals surface area contributed by atoms with Gasteiger partial charge in [0.05, 0.1) is 19.8 Å². The molecule has 24 heavy (non-hydrogen) atoms. The van der Waals surface area contributed by atoms with Gasteiger partial charge in [0, 0.05) is 5.92 Å². The van der Waals surface area contributed by atoms with Gasteiger partial charge in [0.1, 0.15) is 17.6 Å². The summed E-state index contributed by atoms with van der Waals surface area (Å²) in [4.78, 5) is 12.4. The SMILES string of the molecule is C=C1CCC[C@]2(C)C[C@H]3OC(=O)[C@H](C[NH2+]C(C)(CO)CO)[C@H]3C[C@@H]12. The van der Waals surface area contributed by atoms with Gasteiger partial charge in [0.25, 0.3) is 0 Å². The molecule has 3 aliphatic rings. The Bertz CT molecular complexity index is 515. The van der Waals surface area contributed by atoms with Gasteiger partial charge in [-0.05, 0) is 50.4 Å². The van der Waals surface area contributed by atoms with Crippen molar-refractivity contribution in [2.45, 2.75) is 57.6 Å². The van der Waals surface area contributed by atoms with Crippen LogP contribution < -0.4 is 5.32 Å². The molecule has 0 bridgehead atoms. The minimum absolute atomic E-state index is 0.0255. The Labute approximate surface area is 144 Å². The monoisotopic (exact) mass is 338 g/mol. The van der Waals surface area contributed by atoms with Crippen LogP contribution in [0, 0.1) is 23.2 Å². The minimum atomic E-state index is -0.643. The molecule has 5 atom stereocenters. The van der Waals surface area contributed by atoms with E-state index in [9.17, 15) is 15.0 Å². The first-order chi connectivity index (χ1) is 11.3. The van der Waals surface area contributed by atoms with Crippen molar-refractivity contribution in [1.82, 2.24) is 0 Å². The van der Waals surface area contributed by atoms with Gasteiger partial charge in [-0.3, -0.25) is 4.79 Å². The molecule has 0 aromatic carbocycles. The maximum absolute atomic E-state index is 12.4. The van der Waals surface area contributed by atoms with Crippen LogP contribution in [-0.4, -0.2) is 47.6 Å². The molecule has 2 aliphatic carbocycles. The lowest BCUT2D eigenvalue weighted by Gasteiger charge is -2.49. The summed E-state index contributed by atoms with van der Waals surface area (Å²) in [5.74, 6) is 0.480. The van der Waals surface area contributed by atoms with Gasteiger partial charge in [-0.2, -0.15) is 0 Å². The smallest absolute Gasteiger partial charge is 0.315 e. The lowest BCUT2D eigenvalue weighted by Crippen LogP contribution is -2.99. The Kier molecular flexibility index (Phi) is 4.80. The first-order valence-corrected chi connectivity index (χ1v) is 9.26. The van der Waals surface area contributed by atoms with Crippen LogP contribution in [0.1, 0.15) is 46.0 Å². The molecule has 0 radical (unpaired) electrons. The summed E-state index contributed by atoms with van der Waals surface area (Å²) in [7, 11) is 0. The Morgan fingerprint density at radius 1 is 1.42 bits per heavy atom. The highest BCUT2D eigenvalue weighted by Gasteiger charge is 2.55. The van der Waals surface area contributed by atoms with Crippen molar-refractivity contribution < 1.29 is 25.1 Å².